The molecule has 0 bridgehead atoms. The van der Waals surface area contributed by atoms with Crippen molar-refractivity contribution in [3.63, 3.8) is 0 Å². The predicted octanol–water partition coefficient (Wildman–Crippen LogP) is 3.12. The van der Waals surface area contributed by atoms with Crippen LogP contribution in [0.1, 0.15) is 23.6 Å². The molecule has 0 unspecified atom stereocenters. The minimum Gasteiger partial charge on any atom is -0.507 e. The molecule has 9 heteroatoms. The van der Waals surface area contributed by atoms with Crippen LogP contribution in [0, 0.1) is 11.6 Å². The zero-order valence-corrected chi connectivity index (χ0v) is 18.8. The largest absolute Gasteiger partial charge is 0.507 e. The summed E-state index contributed by atoms with van der Waals surface area (Å²) >= 11 is 0. The number of benzene rings is 2. The summed E-state index contributed by atoms with van der Waals surface area (Å²) in [6.45, 7) is 3.87. The molecule has 0 saturated carbocycles. The molecule has 180 valence electrons. The van der Waals surface area contributed by atoms with Crippen molar-refractivity contribution in [3.8, 4) is 5.75 Å². The maximum absolute atomic E-state index is 14.3. The van der Waals surface area contributed by atoms with Crippen LogP contribution >= 0.6 is 0 Å². The Hall–Kier alpha value is -3.30. The summed E-state index contributed by atoms with van der Waals surface area (Å²) in [6.07, 6.45) is 0.599. The van der Waals surface area contributed by atoms with Crippen molar-refractivity contribution in [1.82, 2.24) is 9.80 Å². The molecule has 0 radical (unpaired) electrons. The highest BCUT2D eigenvalue weighted by Crippen LogP contribution is 2.40. The van der Waals surface area contributed by atoms with Crippen LogP contribution in [0.15, 0.2) is 48.0 Å². The molecule has 0 aliphatic carbocycles. The molecule has 2 aromatic rings. The summed E-state index contributed by atoms with van der Waals surface area (Å²) in [5.41, 5.74) is 0.354. The molecule has 1 amide bonds. The normalized spacial score (nSPS) is 20.7. The number of rotatable bonds is 7. The molecular formula is C25H26F2N2O5. The average molecular weight is 472 g/mol. The van der Waals surface area contributed by atoms with Crippen molar-refractivity contribution < 1.29 is 33.0 Å². The first-order chi connectivity index (χ1) is 16.4. The number of amides is 1. The number of hydrogen-bond donors (Lipinski definition) is 1. The number of carbonyl (C=O) groups excluding carboxylic acids is 2. The van der Waals surface area contributed by atoms with Crippen molar-refractivity contribution in [3.05, 3.63) is 70.8 Å². The van der Waals surface area contributed by atoms with Crippen molar-refractivity contribution in [2.45, 2.75) is 12.5 Å². The number of carbonyl (C=O) groups is 2. The van der Waals surface area contributed by atoms with Crippen LogP contribution in [-0.2, 0) is 14.3 Å². The number of halogens is 2. The highest BCUT2D eigenvalue weighted by molar-refractivity contribution is 6.46. The van der Waals surface area contributed by atoms with Gasteiger partial charge in [-0.05, 0) is 42.3 Å². The van der Waals surface area contributed by atoms with E-state index in [1.54, 1.807) is 0 Å². The van der Waals surface area contributed by atoms with E-state index in [-0.39, 0.29) is 23.4 Å². The molecule has 2 fully saturated rings. The number of nitrogens with zero attached hydrogens (tertiary/aromatic N) is 2. The Morgan fingerprint density at radius 2 is 1.79 bits per heavy atom. The van der Waals surface area contributed by atoms with Gasteiger partial charge in [0, 0.05) is 31.7 Å². The van der Waals surface area contributed by atoms with Crippen LogP contribution in [-0.4, -0.2) is 73.1 Å². The fourth-order valence-electron chi connectivity index (χ4n) is 4.36. The van der Waals surface area contributed by atoms with Gasteiger partial charge in [-0.1, -0.05) is 12.1 Å². The number of Topliss-reactive ketones (excluding diaryl/α,β-unsaturated/α-hetero) is 1. The molecule has 2 aliphatic heterocycles. The number of aliphatic hydroxyl groups is 1. The lowest BCUT2D eigenvalue weighted by Crippen LogP contribution is -2.38. The van der Waals surface area contributed by atoms with Crippen molar-refractivity contribution in [2.24, 2.45) is 0 Å². The fourth-order valence-corrected chi connectivity index (χ4v) is 4.36. The molecule has 2 aromatic carbocycles. The van der Waals surface area contributed by atoms with Crippen LogP contribution in [0.2, 0.25) is 0 Å². The standard InChI is InChI=1S/C25H26F2N2O5/c1-33-20-8-5-17(15-19(20)27)23(30)21-22(16-3-6-18(26)7-4-16)29(25(32)24(21)31)10-2-9-28-11-13-34-14-12-28/h3-8,15,22,30H,2,9-14H2,1H3/t22-/m1/s1. The van der Waals surface area contributed by atoms with Gasteiger partial charge in [0.25, 0.3) is 11.7 Å². The van der Waals surface area contributed by atoms with E-state index in [1.165, 1.54) is 48.4 Å². The first kappa shape index (κ1) is 23.8. The van der Waals surface area contributed by atoms with E-state index < -0.39 is 35.1 Å². The second kappa shape index (κ2) is 10.3. The van der Waals surface area contributed by atoms with Gasteiger partial charge in [0.05, 0.1) is 31.9 Å². The maximum atomic E-state index is 14.3. The zero-order valence-electron chi connectivity index (χ0n) is 18.8. The predicted molar refractivity (Wildman–Crippen MR) is 120 cm³/mol. The summed E-state index contributed by atoms with van der Waals surface area (Å²) in [7, 11) is 1.31. The SMILES string of the molecule is COc1ccc(C(O)=C2C(=O)C(=O)N(CCCN3CCOCC3)[C@@H]2c2ccc(F)cc2)cc1F. The number of methoxy groups -OCH3 is 1. The lowest BCUT2D eigenvalue weighted by atomic mass is 9.95. The van der Waals surface area contributed by atoms with Crippen molar-refractivity contribution in [2.75, 3.05) is 46.5 Å². The number of aliphatic hydroxyl groups excluding tert-OH is 1. The second-order valence-corrected chi connectivity index (χ2v) is 8.20. The number of ether oxygens (including phenoxy) is 2. The van der Waals surface area contributed by atoms with E-state index in [0.717, 1.165) is 19.2 Å². The van der Waals surface area contributed by atoms with Gasteiger partial charge < -0.3 is 19.5 Å². The van der Waals surface area contributed by atoms with Crippen LogP contribution in [0.4, 0.5) is 8.78 Å². The van der Waals surface area contributed by atoms with Crippen LogP contribution in [0.5, 0.6) is 5.75 Å². The number of ketones is 1. The summed E-state index contributed by atoms with van der Waals surface area (Å²) in [6, 6.07) is 8.27. The lowest BCUT2D eigenvalue weighted by Gasteiger charge is -2.29. The molecule has 2 saturated heterocycles. The average Bonchev–Trinajstić information content (AvgIpc) is 3.09. The molecule has 34 heavy (non-hydrogen) atoms. The van der Waals surface area contributed by atoms with Crippen molar-refractivity contribution in [1.29, 1.82) is 0 Å². The Kier molecular flexibility index (Phi) is 7.23. The summed E-state index contributed by atoms with van der Waals surface area (Å²) in [5, 5.41) is 11.0. The molecular weight excluding hydrogens is 446 g/mol. The van der Waals surface area contributed by atoms with Gasteiger partial charge in [-0.3, -0.25) is 14.5 Å². The Morgan fingerprint density at radius 3 is 2.44 bits per heavy atom. The number of likely N-dealkylation sites (tertiary alicyclic amines) is 1. The van der Waals surface area contributed by atoms with E-state index >= 15 is 0 Å². The summed E-state index contributed by atoms with van der Waals surface area (Å²) in [4.78, 5) is 29.6. The first-order valence-corrected chi connectivity index (χ1v) is 11.1. The Morgan fingerprint density at radius 1 is 1.09 bits per heavy atom. The summed E-state index contributed by atoms with van der Waals surface area (Å²) < 4.78 is 38.1. The minimum absolute atomic E-state index is 0.0183. The Labute approximate surface area is 196 Å². The molecule has 4 rings (SSSR count). The second-order valence-electron chi connectivity index (χ2n) is 8.20. The molecule has 1 N–H and O–H groups in total. The van der Waals surface area contributed by atoms with Crippen LogP contribution < -0.4 is 4.74 Å². The topological polar surface area (TPSA) is 79.3 Å². The van der Waals surface area contributed by atoms with Gasteiger partial charge in [-0.25, -0.2) is 8.78 Å². The third kappa shape index (κ3) is 4.80. The fraction of sp³-hybridized carbons (Fsp3) is 0.360. The van der Waals surface area contributed by atoms with Gasteiger partial charge in [0.2, 0.25) is 0 Å². The van der Waals surface area contributed by atoms with Gasteiger partial charge >= 0.3 is 0 Å². The van der Waals surface area contributed by atoms with E-state index in [2.05, 4.69) is 4.90 Å². The lowest BCUT2D eigenvalue weighted by molar-refractivity contribution is -0.140. The van der Waals surface area contributed by atoms with E-state index in [4.69, 9.17) is 9.47 Å². The number of hydrogen-bond acceptors (Lipinski definition) is 6. The zero-order chi connectivity index (χ0) is 24.2. The van der Waals surface area contributed by atoms with Gasteiger partial charge in [0.1, 0.15) is 11.6 Å². The highest BCUT2D eigenvalue weighted by Gasteiger charge is 2.45. The monoisotopic (exact) mass is 472 g/mol. The van der Waals surface area contributed by atoms with E-state index in [1.807, 2.05) is 0 Å². The Bertz CT molecular complexity index is 1100. The van der Waals surface area contributed by atoms with Gasteiger partial charge in [-0.15, -0.1) is 0 Å². The summed E-state index contributed by atoms with van der Waals surface area (Å²) in [5.74, 6) is -3.32. The van der Waals surface area contributed by atoms with Gasteiger partial charge in [0.15, 0.2) is 11.6 Å². The molecule has 7 nitrogen and oxygen atoms in total. The highest BCUT2D eigenvalue weighted by atomic mass is 19.1. The maximum Gasteiger partial charge on any atom is 0.295 e. The molecule has 0 spiro atoms. The quantitative estimate of drug-likeness (QED) is 0.379. The van der Waals surface area contributed by atoms with Crippen molar-refractivity contribution >= 4 is 17.4 Å². The molecule has 1 atom stereocenters. The smallest absolute Gasteiger partial charge is 0.295 e. The minimum atomic E-state index is -0.921. The third-order valence-electron chi connectivity index (χ3n) is 6.13. The van der Waals surface area contributed by atoms with Crippen LogP contribution in [0.3, 0.4) is 0 Å². The number of morpholine rings is 1. The van der Waals surface area contributed by atoms with E-state index in [9.17, 15) is 23.5 Å². The molecule has 0 aromatic heterocycles. The van der Waals surface area contributed by atoms with Crippen LogP contribution in [0.25, 0.3) is 5.76 Å². The molecule has 2 heterocycles. The van der Waals surface area contributed by atoms with Gasteiger partial charge in [-0.2, -0.15) is 0 Å². The molecule has 2 aliphatic rings. The van der Waals surface area contributed by atoms with E-state index in [0.29, 0.717) is 31.7 Å². The Balaban J connectivity index is 1.68. The first-order valence-electron chi connectivity index (χ1n) is 11.1. The third-order valence-corrected chi connectivity index (χ3v) is 6.13.